The van der Waals surface area contributed by atoms with Gasteiger partial charge in [-0.05, 0) is 71.7 Å². The average molecular weight is 550 g/mol. The minimum Gasteiger partial charge on any atom is -0.495 e. The zero-order chi connectivity index (χ0) is 28.3. The van der Waals surface area contributed by atoms with Gasteiger partial charge in [0.2, 0.25) is 0 Å². The summed E-state index contributed by atoms with van der Waals surface area (Å²) >= 11 is 0. The molecule has 5 aromatic rings. The number of hydrogen-bond donors (Lipinski definition) is 1. The van der Waals surface area contributed by atoms with Crippen LogP contribution in [-0.2, 0) is 13.0 Å². The Bertz CT molecular complexity index is 1700. The largest absolute Gasteiger partial charge is 0.495 e. The van der Waals surface area contributed by atoms with Gasteiger partial charge in [0.15, 0.2) is 5.82 Å². The Balaban J connectivity index is 1.37. The van der Waals surface area contributed by atoms with Gasteiger partial charge < -0.3 is 14.6 Å². The Morgan fingerprint density at radius 2 is 1.71 bits per heavy atom. The number of H-pyrrole nitrogens is 1. The highest BCUT2D eigenvalue weighted by atomic mass is 16.5. The van der Waals surface area contributed by atoms with Gasteiger partial charge in [0.25, 0.3) is 5.56 Å². The maximum absolute atomic E-state index is 13.7. The van der Waals surface area contributed by atoms with Gasteiger partial charge in [0.05, 0.1) is 12.8 Å². The maximum Gasteiger partial charge on any atom is 0.253 e. The molecule has 41 heavy (non-hydrogen) atoms. The molecule has 1 aliphatic rings. The van der Waals surface area contributed by atoms with E-state index in [-0.39, 0.29) is 5.56 Å². The fraction of sp³-hybridized carbons (Fsp3) is 0.312. The number of aromatic amines is 1. The molecular weight excluding hydrogens is 514 g/mol. The molecule has 0 spiro atoms. The number of nitrogens with one attached hydrogen (secondary N) is 1. The fourth-order valence-corrected chi connectivity index (χ4v) is 5.95. The molecule has 0 unspecified atom stereocenters. The molecule has 0 amide bonds. The molecule has 3 heterocycles. The highest BCUT2D eigenvalue weighted by Crippen LogP contribution is 2.32. The van der Waals surface area contributed by atoms with Gasteiger partial charge in [0, 0.05) is 49.2 Å². The van der Waals surface area contributed by atoms with E-state index in [0.717, 1.165) is 66.1 Å². The molecule has 0 radical (unpaired) electrons. The van der Waals surface area contributed by atoms with Crippen molar-refractivity contribution in [3.05, 3.63) is 111 Å². The van der Waals surface area contributed by atoms with Gasteiger partial charge in [-0.1, -0.05) is 48.5 Å². The van der Waals surface area contributed by atoms with Crippen LogP contribution in [0.1, 0.15) is 34.1 Å². The van der Waals surface area contributed by atoms with E-state index in [1.54, 1.807) is 7.11 Å². The summed E-state index contributed by atoms with van der Waals surface area (Å²) < 4.78 is 7.48. The van der Waals surface area contributed by atoms with Gasteiger partial charge in [-0.15, -0.1) is 5.10 Å². The first-order chi connectivity index (χ1) is 20.0. The summed E-state index contributed by atoms with van der Waals surface area (Å²) in [6, 6.07) is 24.2. The number of aryl methyl sites for hydroxylation is 4. The lowest BCUT2D eigenvalue weighted by molar-refractivity contribution is 0.199. The van der Waals surface area contributed by atoms with E-state index in [2.05, 4.69) is 61.5 Å². The number of pyridine rings is 1. The number of piperazine rings is 1. The number of rotatable bonds is 8. The molecule has 1 N–H and O–H groups in total. The Kier molecular flexibility index (Phi) is 7.52. The van der Waals surface area contributed by atoms with E-state index in [1.807, 2.05) is 60.1 Å². The number of para-hydroxylation sites is 2. The standard InChI is InChI=1S/C32H35N7O2/c1-22-19-23(2)25-21-26(32(40)33-27(25)20-22)30(31-34-35-36-39(31)14-13-24-9-5-4-6-10-24)38-17-15-37(16-18-38)28-11-7-8-12-29(28)41-3/h4-12,19-21,30H,13-18H2,1-3H3,(H,33,40)/t30-/m1/s1. The molecule has 3 aromatic carbocycles. The molecule has 2 aromatic heterocycles. The summed E-state index contributed by atoms with van der Waals surface area (Å²) in [6.07, 6.45) is 0.791. The van der Waals surface area contributed by atoms with Crippen LogP contribution in [0.25, 0.3) is 10.9 Å². The van der Waals surface area contributed by atoms with Crippen molar-refractivity contribution in [2.24, 2.45) is 0 Å². The minimum atomic E-state index is -0.394. The van der Waals surface area contributed by atoms with Crippen LogP contribution in [-0.4, -0.2) is 63.4 Å². The van der Waals surface area contributed by atoms with Crippen molar-refractivity contribution < 1.29 is 4.74 Å². The van der Waals surface area contributed by atoms with Crippen molar-refractivity contribution in [3.8, 4) is 5.75 Å². The third-order valence-corrected chi connectivity index (χ3v) is 8.00. The minimum absolute atomic E-state index is 0.114. The summed E-state index contributed by atoms with van der Waals surface area (Å²) in [6.45, 7) is 7.79. The van der Waals surface area contributed by atoms with Crippen LogP contribution >= 0.6 is 0 Å². The van der Waals surface area contributed by atoms with Gasteiger partial charge in [-0.25, -0.2) is 4.68 Å². The number of methoxy groups -OCH3 is 1. The van der Waals surface area contributed by atoms with Crippen molar-refractivity contribution in [1.29, 1.82) is 0 Å². The van der Waals surface area contributed by atoms with Crippen LogP contribution in [0.5, 0.6) is 5.75 Å². The lowest BCUT2D eigenvalue weighted by Crippen LogP contribution is -2.49. The number of aromatic nitrogens is 5. The molecule has 0 aliphatic carbocycles. The molecule has 0 bridgehead atoms. The summed E-state index contributed by atoms with van der Waals surface area (Å²) in [5.41, 5.74) is 5.93. The molecule has 6 rings (SSSR count). The van der Waals surface area contributed by atoms with Gasteiger partial charge in [-0.3, -0.25) is 9.69 Å². The molecule has 1 fully saturated rings. The van der Waals surface area contributed by atoms with Gasteiger partial charge in [-0.2, -0.15) is 0 Å². The topological polar surface area (TPSA) is 92.2 Å². The van der Waals surface area contributed by atoms with Crippen molar-refractivity contribution in [2.45, 2.75) is 32.9 Å². The predicted molar refractivity (Wildman–Crippen MR) is 161 cm³/mol. The number of benzene rings is 3. The molecule has 210 valence electrons. The number of ether oxygens (including phenoxy) is 1. The predicted octanol–water partition coefficient (Wildman–Crippen LogP) is 4.29. The zero-order valence-electron chi connectivity index (χ0n) is 23.7. The van der Waals surface area contributed by atoms with E-state index >= 15 is 0 Å². The average Bonchev–Trinajstić information content (AvgIpc) is 3.45. The summed E-state index contributed by atoms with van der Waals surface area (Å²) in [5, 5.41) is 14.0. The highest BCUT2D eigenvalue weighted by Gasteiger charge is 2.33. The second-order valence-electron chi connectivity index (χ2n) is 10.7. The first kappa shape index (κ1) is 26.7. The van der Waals surface area contributed by atoms with Crippen LogP contribution < -0.4 is 15.2 Å². The number of tetrazole rings is 1. The van der Waals surface area contributed by atoms with Crippen molar-refractivity contribution in [2.75, 3.05) is 38.2 Å². The van der Waals surface area contributed by atoms with Crippen LogP contribution in [0, 0.1) is 13.8 Å². The fourth-order valence-electron chi connectivity index (χ4n) is 5.95. The Labute approximate surface area is 239 Å². The first-order valence-electron chi connectivity index (χ1n) is 14.1. The zero-order valence-corrected chi connectivity index (χ0v) is 23.7. The van der Waals surface area contributed by atoms with Crippen molar-refractivity contribution in [3.63, 3.8) is 0 Å². The third kappa shape index (κ3) is 5.45. The van der Waals surface area contributed by atoms with E-state index in [9.17, 15) is 4.79 Å². The summed E-state index contributed by atoms with van der Waals surface area (Å²) in [5.74, 6) is 1.54. The van der Waals surface area contributed by atoms with Gasteiger partial charge >= 0.3 is 0 Å². The molecule has 9 heteroatoms. The molecular formula is C32H35N7O2. The number of hydrogen-bond acceptors (Lipinski definition) is 7. The first-order valence-corrected chi connectivity index (χ1v) is 14.1. The smallest absolute Gasteiger partial charge is 0.253 e. The monoisotopic (exact) mass is 549 g/mol. The summed E-state index contributed by atoms with van der Waals surface area (Å²) in [7, 11) is 1.70. The molecule has 1 aliphatic heterocycles. The van der Waals surface area contributed by atoms with E-state index in [1.165, 1.54) is 5.56 Å². The molecule has 0 saturated carbocycles. The van der Waals surface area contributed by atoms with Crippen LogP contribution in [0.2, 0.25) is 0 Å². The second kappa shape index (κ2) is 11.5. The summed E-state index contributed by atoms with van der Waals surface area (Å²) in [4.78, 5) is 21.5. The van der Waals surface area contributed by atoms with Crippen LogP contribution in [0.15, 0.2) is 77.6 Å². The number of nitrogens with zero attached hydrogens (tertiary/aromatic N) is 6. The van der Waals surface area contributed by atoms with Gasteiger partial charge in [0.1, 0.15) is 11.8 Å². The molecule has 1 saturated heterocycles. The van der Waals surface area contributed by atoms with E-state index < -0.39 is 6.04 Å². The lowest BCUT2D eigenvalue weighted by atomic mass is 9.99. The Hall–Kier alpha value is -4.50. The highest BCUT2D eigenvalue weighted by molar-refractivity contribution is 5.83. The third-order valence-electron chi connectivity index (χ3n) is 8.00. The normalized spacial score (nSPS) is 14.9. The molecule has 9 nitrogen and oxygen atoms in total. The van der Waals surface area contributed by atoms with Crippen LogP contribution in [0.3, 0.4) is 0 Å². The lowest BCUT2D eigenvalue weighted by Gasteiger charge is -2.40. The van der Waals surface area contributed by atoms with Crippen molar-refractivity contribution in [1.82, 2.24) is 30.1 Å². The SMILES string of the molecule is COc1ccccc1N1CCN([C@H](c2cc3c(C)cc(C)cc3[nH]c2=O)c2nnnn2CCc2ccccc2)CC1. The van der Waals surface area contributed by atoms with E-state index in [0.29, 0.717) is 17.9 Å². The van der Waals surface area contributed by atoms with Crippen molar-refractivity contribution >= 4 is 16.6 Å². The quantitative estimate of drug-likeness (QED) is 0.309. The second-order valence-corrected chi connectivity index (χ2v) is 10.7. The van der Waals surface area contributed by atoms with E-state index in [4.69, 9.17) is 4.74 Å². The van der Waals surface area contributed by atoms with Crippen LogP contribution in [0.4, 0.5) is 5.69 Å². The number of fused-ring (bicyclic) bond motifs is 1. The Morgan fingerprint density at radius 3 is 2.49 bits per heavy atom. The maximum atomic E-state index is 13.7. The number of anilines is 1. The molecule has 1 atom stereocenters. The Morgan fingerprint density at radius 1 is 0.951 bits per heavy atom.